The van der Waals surface area contributed by atoms with E-state index >= 15 is 0 Å². The minimum absolute atomic E-state index is 0.575. The summed E-state index contributed by atoms with van der Waals surface area (Å²) in [4.78, 5) is 0. The molecule has 0 aliphatic rings. The van der Waals surface area contributed by atoms with E-state index in [1.165, 1.54) is 0 Å². The van der Waals surface area contributed by atoms with Gasteiger partial charge in [0, 0.05) is 12.1 Å². The van der Waals surface area contributed by atoms with Crippen LogP contribution in [0.15, 0.2) is 30.6 Å². The van der Waals surface area contributed by atoms with Crippen LogP contribution in [0.4, 0.5) is 25.2 Å². The average Bonchev–Trinajstić information content (AvgIpc) is 2.00. The third-order valence-corrected chi connectivity index (χ3v) is 1.33. The first kappa shape index (κ1) is 15.2. The van der Waals surface area contributed by atoms with Gasteiger partial charge in [0.2, 0.25) is 0 Å². The summed E-state index contributed by atoms with van der Waals surface area (Å²) in [6.07, 6.45) is 4.15. The van der Waals surface area contributed by atoms with Crippen LogP contribution in [0.25, 0.3) is 0 Å². The molecule has 0 N–H and O–H groups in total. The van der Waals surface area contributed by atoms with Crippen LogP contribution in [-0.2, 0) is 0 Å². The summed E-state index contributed by atoms with van der Waals surface area (Å²) in [5.41, 5.74) is 0. The van der Waals surface area contributed by atoms with Gasteiger partial charge in [-0.05, 0) is 13.8 Å². The van der Waals surface area contributed by atoms with Gasteiger partial charge < -0.3 is 0 Å². The molecule has 1 aromatic heterocycles. The molecule has 0 amide bonds. The van der Waals surface area contributed by atoms with Crippen molar-refractivity contribution in [1.82, 2.24) is 0 Å². The summed E-state index contributed by atoms with van der Waals surface area (Å²) >= 11 is 0. The molecule has 96 valence electrons. The first-order valence-electron chi connectivity index (χ1n) is 4.28. The van der Waals surface area contributed by atoms with E-state index < -0.39 is 7.81 Å². The third kappa shape index (κ3) is 15.6. The predicted octanol–water partition coefficient (Wildman–Crippen LogP) is 4.94. The van der Waals surface area contributed by atoms with Crippen LogP contribution >= 0.6 is 7.81 Å². The van der Waals surface area contributed by atoms with Crippen molar-refractivity contribution in [3.63, 3.8) is 0 Å². The zero-order valence-electron chi connectivity index (χ0n) is 8.63. The molecule has 0 saturated heterocycles. The molecule has 16 heavy (non-hydrogen) atoms. The average molecular weight is 267 g/mol. The number of hydrogen-bond donors (Lipinski definition) is 0. The fraction of sp³-hybridized carbons (Fsp3) is 0.375. The van der Waals surface area contributed by atoms with Crippen LogP contribution in [0.2, 0.25) is 0 Å². The van der Waals surface area contributed by atoms with E-state index in [0.29, 0.717) is 6.04 Å². The number of rotatable bonds is 1. The molecule has 0 aliphatic carbocycles. The molecule has 8 heteroatoms. The van der Waals surface area contributed by atoms with Gasteiger partial charge in [-0.3, -0.25) is 0 Å². The third-order valence-electron chi connectivity index (χ3n) is 1.33. The van der Waals surface area contributed by atoms with Gasteiger partial charge in [0.25, 0.3) is 0 Å². The van der Waals surface area contributed by atoms with Crippen LogP contribution in [0.3, 0.4) is 0 Å². The van der Waals surface area contributed by atoms with Crippen molar-refractivity contribution < 1.29 is 29.7 Å². The van der Waals surface area contributed by atoms with E-state index in [2.05, 4.69) is 30.8 Å². The van der Waals surface area contributed by atoms with Crippen molar-refractivity contribution in [1.29, 1.82) is 0 Å². The Morgan fingerprint density at radius 1 is 0.812 bits per heavy atom. The van der Waals surface area contributed by atoms with Gasteiger partial charge in [0.05, 0.1) is 0 Å². The SMILES string of the molecule is CC(C)[n+]1ccccc1.F[P-](F)(F)(F)(F)F. The molecule has 0 radical (unpaired) electrons. The van der Waals surface area contributed by atoms with Crippen molar-refractivity contribution in [2.45, 2.75) is 19.9 Å². The number of hydrogen-bond acceptors (Lipinski definition) is 0. The fourth-order valence-corrected chi connectivity index (χ4v) is 0.756. The van der Waals surface area contributed by atoms with E-state index in [1.807, 2.05) is 18.2 Å². The van der Waals surface area contributed by atoms with Gasteiger partial charge in [-0.2, -0.15) is 0 Å². The Morgan fingerprint density at radius 2 is 1.12 bits per heavy atom. The Hall–Kier alpha value is -0.840. The molecular formula is C8H12F6NP. The van der Waals surface area contributed by atoms with Gasteiger partial charge in [0.15, 0.2) is 18.4 Å². The van der Waals surface area contributed by atoms with Crippen molar-refractivity contribution in [3.05, 3.63) is 30.6 Å². The van der Waals surface area contributed by atoms with Gasteiger partial charge in [-0.1, -0.05) is 6.07 Å². The maximum absolute atomic E-state index is 10.7. The van der Waals surface area contributed by atoms with Crippen LogP contribution in [0, 0.1) is 0 Å². The summed E-state index contributed by atoms with van der Waals surface area (Å²) in [5, 5.41) is 0. The molecule has 0 unspecified atom stereocenters. The van der Waals surface area contributed by atoms with E-state index in [-0.39, 0.29) is 0 Å². The molecule has 1 heterocycles. The quantitative estimate of drug-likeness (QED) is 0.385. The van der Waals surface area contributed by atoms with Gasteiger partial charge in [0.1, 0.15) is 0 Å². The second-order valence-electron chi connectivity index (χ2n) is 3.37. The number of halogens is 6. The molecule has 1 rings (SSSR count). The molecule has 0 bridgehead atoms. The van der Waals surface area contributed by atoms with Gasteiger partial charge >= 0.3 is 33.0 Å². The molecule has 0 spiro atoms. The normalized spacial score (nSPS) is 15.8. The fourth-order valence-electron chi connectivity index (χ4n) is 0.756. The number of pyridine rings is 1. The molecule has 0 fully saturated rings. The predicted molar refractivity (Wildman–Crippen MR) is 50.6 cm³/mol. The molecule has 0 aliphatic heterocycles. The van der Waals surface area contributed by atoms with Crippen LogP contribution in [0.1, 0.15) is 19.9 Å². The first-order chi connectivity index (χ1) is 6.75. The summed E-state index contributed by atoms with van der Waals surface area (Å²) < 4.78 is 61.4. The molecule has 1 nitrogen and oxygen atoms in total. The Morgan fingerprint density at radius 3 is 1.31 bits per heavy atom. The maximum atomic E-state index is 9.87. The van der Waals surface area contributed by atoms with E-state index in [1.54, 1.807) is 0 Å². The molecule has 0 atom stereocenters. The Balaban J connectivity index is 0.000000293. The topological polar surface area (TPSA) is 3.88 Å². The van der Waals surface area contributed by atoms with Gasteiger partial charge in [-0.15, -0.1) is 0 Å². The summed E-state index contributed by atoms with van der Waals surface area (Å²) in [7, 11) is -10.7. The van der Waals surface area contributed by atoms with Crippen LogP contribution in [0.5, 0.6) is 0 Å². The number of nitrogens with zero attached hydrogens (tertiary/aromatic N) is 1. The van der Waals surface area contributed by atoms with Crippen molar-refractivity contribution in [2.24, 2.45) is 0 Å². The molecule has 0 aromatic carbocycles. The van der Waals surface area contributed by atoms with Crippen molar-refractivity contribution in [3.8, 4) is 0 Å². The number of aromatic nitrogens is 1. The van der Waals surface area contributed by atoms with Crippen LogP contribution in [-0.4, -0.2) is 0 Å². The summed E-state index contributed by atoms with van der Waals surface area (Å²) in [6, 6.07) is 6.69. The summed E-state index contributed by atoms with van der Waals surface area (Å²) in [5.74, 6) is 0. The van der Waals surface area contributed by atoms with Gasteiger partial charge in [-0.25, -0.2) is 4.57 Å². The Kier molecular flexibility index (Phi) is 3.67. The molecule has 1 aromatic rings. The Bertz CT molecular complexity index is 317. The molecule has 0 saturated carbocycles. The zero-order chi connectivity index (χ0) is 13.1. The van der Waals surface area contributed by atoms with E-state index in [9.17, 15) is 25.2 Å². The van der Waals surface area contributed by atoms with Crippen molar-refractivity contribution >= 4 is 7.81 Å². The molecular weight excluding hydrogens is 255 g/mol. The van der Waals surface area contributed by atoms with Crippen LogP contribution < -0.4 is 4.57 Å². The second kappa shape index (κ2) is 3.87. The minimum atomic E-state index is -10.7. The Labute approximate surface area is 88.9 Å². The van der Waals surface area contributed by atoms with E-state index in [0.717, 1.165) is 0 Å². The van der Waals surface area contributed by atoms with Crippen molar-refractivity contribution in [2.75, 3.05) is 0 Å². The zero-order valence-corrected chi connectivity index (χ0v) is 9.52. The summed E-state index contributed by atoms with van der Waals surface area (Å²) in [6.45, 7) is 4.33. The first-order valence-corrected chi connectivity index (χ1v) is 6.31. The standard InChI is InChI=1S/C8H12N.F6P/c1-8(2)9-6-4-3-5-7-9;1-7(2,3,4,5)6/h3-8H,1-2H3;/q+1;-1. The second-order valence-corrected chi connectivity index (χ2v) is 5.29. The monoisotopic (exact) mass is 267 g/mol. The van der Waals surface area contributed by atoms with E-state index in [4.69, 9.17) is 0 Å².